The molecule has 21 heavy (non-hydrogen) atoms. The van der Waals surface area contributed by atoms with Gasteiger partial charge in [-0.05, 0) is 23.8 Å². The Morgan fingerprint density at radius 2 is 1.67 bits per heavy atom. The van der Waals surface area contributed by atoms with Gasteiger partial charge in [-0.25, -0.2) is 0 Å². The van der Waals surface area contributed by atoms with E-state index >= 15 is 0 Å². The van der Waals surface area contributed by atoms with Gasteiger partial charge in [0.2, 0.25) is 5.91 Å². The molecule has 0 atom stereocenters. The summed E-state index contributed by atoms with van der Waals surface area (Å²) in [6, 6.07) is 7.20. The fourth-order valence-corrected chi connectivity index (χ4v) is 1.53. The van der Waals surface area contributed by atoms with Gasteiger partial charge in [-0.3, -0.25) is 9.59 Å². The van der Waals surface area contributed by atoms with E-state index in [-0.39, 0.29) is 13.1 Å². The van der Waals surface area contributed by atoms with Crippen LogP contribution in [0.3, 0.4) is 0 Å². The first-order valence-corrected chi connectivity index (χ1v) is 6.65. The molecule has 0 radical (unpaired) electrons. The topological polar surface area (TPSA) is 58.2 Å². The summed E-state index contributed by atoms with van der Waals surface area (Å²) in [5, 5.41) is 4.00. The molecule has 0 unspecified atom stereocenters. The molecular weight excluding hydrogens is 353 g/mol. The van der Waals surface area contributed by atoms with E-state index in [1.54, 1.807) is 23.5 Å². The smallest absolute Gasteiger partial charge is 0.351 e. The van der Waals surface area contributed by atoms with Crippen molar-refractivity contribution in [3.05, 3.63) is 40.4 Å². The zero-order valence-corrected chi connectivity index (χ0v) is 12.3. The Labute approximate surface area is 127 Å². The molecule has 1 aromatic rings. The predicted molar refractivity (Wildman–Crippen MR) is 75.3 cm³/mol. The Kier molecular flexibility index (Phi) is 6.41. The van der Waals surface area contributed by atoms with E-state index in [0.29, 0.717) is 0 Å². The summed E-state index contributed by atoms with van der Waals surface area (Å²) in [6.07, 6.45) is -2.09. The van der Waals surface area contributed by atoms with E-state index in [2.05, 4.69) is 21.2 Å². The third-order valence-electron chi connectivity index (χ3n) is 2.26. The van der Waals surface area contributed by atoms with Crippen molar-refractivity contribution in [2.24, 2.45) is 0 Å². The van der Waals surface area contributed by atoms with Crippen molar-refractivity contribution in [1.82, 2.24) is 10.6 Å². The summed E-state index contributed by atoms with van der Waals surface area (Å²) in [6.45, 7) is -0.387. The Bertz CT molecular complexity index is 527. The number of rotatable bonds is 5. The lowest BCUT2D eigenvalue weighted by molar-refractivity contribution is -0.173. The molecule has 4 nitrogen and oxygen atoms in total. The summed E-state index contributed by atoms with van der Waals surface area (Å²) in [5.74, 6) is -2.48. The highest BCUT2D eigenvalue weighted by molar-refractivity contribution is 9.10. The summed E-state index contributed by atoms with van der Waals surface area (Å²) in [5.41, 5.74) is 0.804. The van der Waals surface area contributed by atoms with Gasteiger partial charge in [0, 0.05) is 23.6 Å². The van der Waals surface area contributed by atoms with Crippen LogP contribution in [0.4, 0.5) is 13.2 Å². The molecule has 8 heteroatoms. The van der Waals surface area contributed by atoms with Gasteiger partial charge in [0.1, 0.15) is 0 Å². The molecule has 0 spiro atoms. The molecule has 0 heterocycles. The van der Waals surface area contributed by atoms with Crippen LogP contribution in [0.5, 0.6) is 0 Å². The summed E-state index contributed by atoms with van der Waals surface area (Å²) in [4.78, 5) is 21.9. The second-order valence-corrected chi connectivity index (χ2v) is 4.85. The average molecular weight is 365 g/mol. The number of benzene rings is 1. The Morgan fingerprint density at radius 3 is 2.24 bits per heavy atom. The third kappa shape index (κ3) is 6.94. The number of halogens is 4. The standard InChI is InChI=1S/C13H12BrF3N2O2/c14-10-4-1-9(2-5-10)3-6-11(20)18-7-8-19-12(21)13(15,16)17/h1-6H,7-8H2,(H,18,20)(H,19,21)/b6-3+. The van der Waals surface area contributed by atoms with Crippen molar-refractivity contribution in [2.75, 3.05) is 13.1 Å². The largest absolute Gasteiger partial charge is 0.471 e. The van der Waals surface area contributed by atoms with Gasteiger partial charge in [-0.2, -0.15) is 13.2 Å². The maximum atomic E-state index is 11.9. The number of carbonyl (C=O) groups is 2. The Balaban J connectivity index is 2.28. The molecule has 2 amide bonds. The average Bonchev–Trinajstić information content (AvgIpc) is 2.41. The lowest BCUT2D eigenvalue weighted by Gasteiger charge is -2.07. The van der Waals surface area contributed by atoms with Crippen LogP contribution in [-0.2, 0) is 9.59 Å². The van der Waals surface area contributed by atoms with Gasteiger partial charge in [0.15, 0.2) is 0 Å². The lowest BCUT2D eigenvalue weighted by Crippen LogP contribution is -2.40. The van der Waals surface area contributed by atoms with Crippen LogP contribution in [0.15, 0.2) is 34.8 Å². The summed E-state index contributed by atoms with van der Waals surface area (Å²) in [7, 11) is 0. The summed E-state index contributed by atoms with van der Waals surface area (Å²) < 4.78 is 36.5. The fraction of sp³-hybridized carbons (Fsp3) is 0.231. The van der Waals surface area contributed by atoms with Crippen molar-refractivity contribution in [3.63, 3.8) is 0 Å². The number of hydrogen-bond donors (Lipinski definition) is 2. The maximum Gasteiger partial charge on any atom is 0.471 e. The van der Waals surface area contributed by atoms with Gasteiger partial charge in [-0.1, -0.05) is 28.1 Å². The first kappa shape index (κ1) is 17.2. The first-order valence-electron chi connectivity index (χ1n) is 5.85. The zero-order valence-electron chi connectivity index (χ0n) is 10.7. The molecule has 0 aliphatic heterocycles. The van der Waals surface area contributed by atoms with Gasteiger partial charge in [0.05, 0.1) is 0 Å². The first-order chi connectivity index (χ1) is 9.79. The Hall–Kier alpha value is -1.83. The normalized spacial score (nSPS) is 11.4. The number of amides is 2. The molecule has 0 aliphatic carbocycles. The molecule has 0 aliphatic rings. The van der Waals surface area contributed by atoms with Crippen LogP contribution in [-0.4, -0.2) is 31.1 Å². The minimum atomic E-state index is -4.91. The van der Waals surface area contributed by atoms with Crippen LogP contribution in [0.1, 0.15) is 5.56 Å². The molecule has 2 N–H and O–H groups in total. The maximum absolute atomic E-state index is 11.9. The number of carbonyl (C=O) groups excluding carboxylic acids is 2. The van der Waals surface area contributed by atoms with E-state index < -0.39 is 18.0 Å². The van der Waals surface area contributed by atoms with Gasteiger partial charge < -0.3 is 10.6 Å². The Morgan fingerprint density at radius 1 is 1.10 bits per heavy atom. The van der Waals surface area contributed by atoms with Gasteiger partial charge in [0.25, 0.3) is 0 Å². The number of nitrogens with one attached hydrogen (secondary N) is 2. The van der Waals surface area contributed by atoms with E-state index in [9.17, 15) is 22.8 Å². The van der Waals surface area contributed by atoms with Crippen LogP contribution >= 0.6 is 15.9 Å². The molecule has 114 valence electrons. The molecule has 1 rings (SSSR count). The van der Waals surface area contributed by atoms with E-state index in [0.717, 1.165) is 10.0 Å². The molecule has 1 aromatic carbocycles. The van der Waals surface area contributed by atoms with Crippen molar-refractivity contribution < 1.29 is 22.8 Å². The van der Waals surface area contributed by atoms with Crippen LogP contribution in [0, 0.1) is 0 Å². The molecular formula is C13H12BrF3N2O2. The molecule has 0 aromatic heterocycles. The highest BCUT2D eigenvalue weighted by Gasteiger charge is 2.38. The van der Waals surface area contributed by atoms with Crippen LogP contribution < -0.4 is 10.6 Å². The number of hydrogen-bond acceptors (Lipinski definition) is 2. The fourth-order valence-electron chi connectivity index (χ4n) is 1.27. The quantitative estimate of drug-likeness (QED) is 0.621. The SMILES string of the molecule is O=C(/C=C/c1ccc(Br)cc1)NCCNC(=O)C(F)(F)F. The van der Waals surface area contributed by atoms with E-state index in [1.807, 2.05) is 12.1 Å². The minimum Gasteiger partial charge on any atom is -0.351 e. The highest BCUT2D eigenvalue weighted by Crippen LogP contribution is 2.13. The van der Waals surface area contributed by atoms with Gasteiger partial charge in [-0.15, -0.1) is 0 Å². The summed E-state index contributed by atoms with van der Waals surface area (Å²) >= 11 is 3.28. The van der Waals surface area contributed by atoms with Crippen molar-refractivity contribution in [1.29, 1.82) is 0 Å². The minimum absolute atomic E-state index is 0.0919. The van der Waals surface area contributed by atoms with Crippen LogP contribution in [0.25, 0.3) is 6.08 Å². The predicted octanol–water partition coefficient (Wildman–Crippen LogP) is 2.26. The lowest BCUT2D eigenvalue weighted by atomic mass is 10.2. The van der Waals surface area contributed by atoms with E-state index in [1.165, 1.54) is 6.08 Å². The third-order valence-corrected chi connectivity index (χ3v) is 2.79. The molecule has 0 fully saturated rings. The van der Waals surface area contributed by atoms with Crippen molar-refractivity contribution in [3.8, 4) is 0 Å². The molecule has 0 saturated carbocycles. The number of alkyl halides is 3. The van der Waals surface area contributed by atoms with E-state index in [4.69, 9.17) is 0 Å². The highest BCUT2D eigenvalue weighted by atomic mass is 79.9. The second-order valence-electron chi connectivity index (χ2n) is 3.93. The monoisotopic (exact) mass is 364 g/mol. The second kappa shape index (κ2) is 7.82. The van der Waals surface area contributed by atoms with Crippen molar-refractivity contribution in [2.45, 2.75) is 6.18 Å². The zero-order chi connectivity index (χ0) is 15.9. The molecule has 0 bridgehead atoms. The van der Waals surface area contributed by atoms with Crippen molar-refractivity contribution >= 4 is 33.8 Å². The van der Waals surface area contributed by atoms with Crippen LogP contribution in [0.2, 0.25) is 0 Å². The van der Waals surface area contributed by atoms with Gasteiger partial charge >= 0.3 is 12.1 Å². The molecule has 0 saturated heterocycles.